The summed E-state index contributed by atoms with van der Waals surface area (Å²) in [5, 5.41) is 2.98. The molecule has 0 saturated heterocycles. The number of hydrogen-bond acceptors (Lipinski definition) is 4. The summed E-state index contributed by atoms with van der Waals surface area (Å²) in [5.41, 5.74) is 3.27. The molecule has 2 N–H and O–H groups in total. The monoisotopic (exact) mass is 457 g/mol. The molecule has 0 aliphatic carbocycles. The Kier molecular flexibility index (Phi) is 6.51. The Morgan fingerprint density at radius 1 is 0.848 bits per heavy atom. The molecule has 0 radical (unpaired) electrons. The Morgan fingerprint density at radius 3 is 2.27 bits per heavy atom. The number of benzene rings is 3. The fourth-order valence-corrected chi connectivity index (χ4v) is 4.48. The molecular formula is C26H23N3O3S. The number of pyridine rings is 1. The van der Waals surface area contributed by atoms with E-state index in [0.717, 1.165) is 11.1 Å². The number of aryl methyl sites for hydroxylation is 1. The summed E-state index contributed by atoms with van der Waals surface area (Å²) >= 11 is 0. The molecular weight excluding hydrogens is 434 g/mol. The van der Waals surface area contributed by atoms with Crippen molar-refractivity contribution in [3.05, 3.63) is 126 Å². The maximum absolute atomic E-state index is 13.1. The minimum Gasteiger partial charge on any atom is -0.340 e. The van der Waals surface area contributed by atoms with E-state index in [1.807, 2.05) is 67.6 Å². The molecule has 7 heteroatoms. The van der Waals surface area contributed by atoms with Crippen LogP contribution in [0.1, 0.15) is 33.2 Å². The van der Waals surface area contributed by atoms with Crippen molar-refractivity contribution in [3.63, 3.8) is 0 Å². The first-order valence-electron chi connectivity index (χ1n) is 10.4. The van der Waals surface area contributed by atoms with Gasteiger partial charge < -0.3 is 5.32 Å². The number of anilines is 1. The molecule has 6 nitrogen and oxygen atoms in total. The highest BCUT2D eigenvalue weighted by atomic mass is 32.2. The lowest BCUT2D eigenvalue weighted by molar-refractivity contribution is 0.0942. The maximum atomic E-state index is 13.1. The van der Waals surface area contributed by atoms with Crippen molar-refractivity contribution in [2.24, 2.45) is 0 Å². The molecule has 1 heterocycles. The molecule has 0 aliphatic heterocycles. The van der Waals surface area contributed by atoms with Gasteiger partial charge in [-0.3, -0.25) is 14.5 Å². The van der Waals surface area contributed by atoms with E-state index in [1.54, 1.807) is 30.5 Å². The van der Waals surface area contributed by atoms with Crippen molar-refractivity contribution >= 4 is 21.6 Å². The number of nitrogens with zero attached hydrogens (tertiary/aromatic N) is 1. The van der Waals surface area contributed by atoms with Crippen LogP contribution in [0.2, 0.25) is 0 Å². The molecule has 0 saturated carbocycles. The van der Waals surface area contributed by atoms with Crippen LogP contribution < -0.4 is 10.0 Å². The van der Waals surface area contributed by atoms with Gasteiger partial charge >= 0.3 is 0 Å². The third-order valence-corrected chi connectivity index (χ3v) is 6.48. The highest BCUT2D eigenvalue weighted by Gasteiger charge is 2.21. The van der Waals surface area contributed by atoms with Gasteiger partial charge in [0.25, 0.3) is 15.9 Å². The van der Waals surface area contributed by atoms with Crippen LogP contribution in [0.3, 0.4) is 0 Å². The van der Waals surface area contributed by atoms with Gasteiger partial charge in [0.2, 0.25) is 0 Å². The molecule has 4 aromatic rings. The van der Waals surface area contributed by atoms with Gasteiger partial charge in [0, 0.05) is 17.4 Å². The average Bonchev–Trinajstić information content (AvgIpc) is 2.85. The molecule has 0 bridgehead atoms. The summed E-state index contributed by atoms with van der Waals surface area (Å²) in [5.74, 6) is -0.401. The van der Waals surface area contributed by atoms with E-state index < -0.39 is 22.0 Å². The second-order valence-corrected chi connectivity index (χ2v) is 9.25. The molecule has 166 valence electrons. The van der Waals surface area contributed by atoms with Gasteiger partial charge in [0.1, 0.15) is 0 Å². The van der Waals surface area contributed by atoms with Crippen LogP contribution in [-0.4, -0.2) is 19.3 Å². The van der Waals surface area contributed by atoms with Gasteiger partial charge in [-0.25, -0.2) is 8.42 Å². The topological polar surface area (TPSA) is 88.2 Å². The lowest BCUT2D eigenvalue weighted by atomic mass is 10.0. The molecule has 1 atom stereocenters. The third kappa shape index (κ3) is 5.45. The minimum atomic E-state index is -3.86. The van der Waals surface area contributed by atoms with Crippen LogP contribution in [0, 0.1) is 6.92 Å². The van der Waals surface area contributed by atoms with Crippen LogP contribution in [0.5, 0.6) is 0 Å². The van der Waals surface area contributed by atoms with Crippen LogP contribution in [0.25, 0.3) is 0 Å². The predicted octanol–water partition coefficient (Wildman–Crippen LogP) is 4.71. The number of carbonyl (C=O) groups is 1. The van der Waals surface area contributed by atoms with E-state index in [-0.39, 0.29) is 10.5 Å². The maximum Gasteiger partial charge on any atom is 0.261 e. The number of aromatic nitrogens is 1. The molecule has 0 fully saturated rings. The van der Waals surface area contributed by atoms with E-state index in [9.17, 15) is 13.2 Å². The van der Waals surface area contributed by atoms with Gasteiger partial charge in [-0.05, 0) is 55.0 Å². The SMILES string of the molecule is Cc1ccc(NS(=O)(=O)c2cccc(C(=O)N[C@@H](c3ccccc3)c3ccccn3)c2)cc1. The fraction of sp³-hybridized carbons (Fsp3) is 0.0769. The lowest BCUT2D eigenvalue weighted by Gasteiger charge is -2.19. The first kappa shape index (κ1) is 22.2. The van der Waals surface area contributed by atoms with Crippen molar-refractivity contribution in [1.29, 1.82) is 0 Å². The normalized spacial score (nSPS) is 12.0. The van der Waals surface area contributed by atoms with Crippen molar-refractivity contribution in [2.75, 3.05) is 4.72 Å². The summed E-state index contributed by atoms with van der Waals surface area (Å²) < 4.78 is 28.3. The summed E-state index contributed by atoms with van der Waals surface area (Å²) in [6.45, 7) is 1.92. The molecule has 0 spiro atoms. The van der Waals surface area contributed by atoms with Crippen molar-refractivity contribution in [1.82, 2.24) is 10.3 Å². The third-order valence-electron chi connectivity index (χ3n) is 5.10. The summed E-state index contributed by atoms with van der Waals surface area (Å²) in [7, 11) is -3.86. The van der Waals surface area contributed by atoms with Crippen LogP contribution >= 0.6 is 0 Å². The molecule has 33 heavy (non-hydrogen) atoms. The smallest absolute Gasteiger partial charge is 0.261 e. The molecule has 1 amide bonds. The Labute approximate surface area is 193 Å². The van der Waals surface area contributed by atoms with Crippen molar-refractivity contribution in [3.8, 4) is 0 Å². The van der Waals surface area contributed by atoms with E-state index in [0.29, 0.717) is 11.4 Å². The highest BCUT2D eigenvalue weighted by molar-refractivity contribution is 7.92. The Bertz CT molecular complexity index is 1300. The Morgan fingerprint density at radius 2 is 1.58 bits per heavy atom. The first-order valence-corrected chi connectivity index (χ1v) is 11.9. The van der Waals surface area contributed by atoms with Crippen LogP contribution in [0.15, 0.2) is 108 Å². The van der Waals surface area contributed by atoms with E-state index in [4.69, 9.17) is 0 Å². The zero-order valence-electron chi connectivity index (χ0n) is 18.0. The molecule has 1 aromatic heterocycles. The number of amides is 1. The highest BCUT2D eigenvalue weighted by Crippen LogP contribution is 2.22. The van der Waals surface area contributed by atoms with Crippen LogP contribution in [0.4, 0.5) is 5.69 Å². The molecule has 4 rings (SSSR count). The zero-order valence-corrected chi connectivity index (χ0v) is 18.8. The molecule has 3 aromatic carbocycles. The van der Waals surface area contributed by atoms with E-state index in [2.05, 4.69) is 15.0 Å². The summed E-state index contributed by atoms with van der Waals surface area (Å²) in [6.07, 6.45) is 1.67. The van der Waals surface area contributed by atoms with Crippen LogP contribution in [-0.2, 0) is 10.0 Å². The number of carbonyl (C=O) groups excluding carboxylic acids is 1. The number of hydrogen-bond donors (Lipinski definition) is 2. The van der Waals surface area contributed by atoms with Gasteiger partial charge in [0.05, 0.1) is 16.6 Å². The average molecular weight is 458 g/mol. The van der Waals surface area contributed by atoms with Gasteiger partial charge in [0.15, 0.2) is 0 Å². The van der Waals surface area contributed by atoms with Gasteiger partial charge in [-0.1, -0.05) is 60.2 Å². The largest absolute Gasteiger partial charge is 0.340 e. The number of nitrogens with one attached hydrogen (secondary N) is 2. The van der Waals surface area contributed by atoms with Gasteiger partial charge in [-0.15, -0.1) is 0 Å². The minimum absolute atomic E-state index is 0.00447. The summed E-state index contributed by atoms with van der Waals surface area (Å²) in [6, 6.07) is 27.5. The second kappa shape index (κ2) is 9.67. The van der Waals surface area contributed by atoms with Gasteiger partial charge in [-0.2, -0.15) is 0 Å². The Balaban J connectivity index is 1.59. The van der Waals surface area contributed by atoms with E-state index in [1.165, 1.54) is 12.1 Å². The Hall–Kier alpha value is -3.97. The standard InChI is InChI=1S/C26H23N3O3S/c1-19-13-15-22(16-14-19)29-33(31,32)23-11-7-10-21(18-23)26(30)28-25(20-8-3-2-4-9-20)24-12-5-6-17-27-24/h2-18,25,29H,1H3,(H,28,30)/t25-/m0/s1. The van der Waals surface area contributed by atoms with Crippen molar-refractivity contribution < 1.29 is 13.2 Å². The quantitative estimate of drug-likeness (QED) is 0.421. The van der Waals surface area contributed by atoms with E-state index >= 15 is 0 Å². The summed E-state index contributed by atoms with van der Waals surface area (Å²) in [4.78, 5) is 17.5. The molecule has 0 unspecified atom stereocenters. The van der Waals surface area contributed by atoms with Crippen molar-refractivity contribution in [2.45, 2.75) is 17.9 Å². The second-order valence-electron chi connectivity index (χ2n) is 7.57. The first-order chi connectivity index (χ1) is 15.9. The zero-order chi connectivity index (χ0) is 23.3. The molecule has 0 aliphatic rings. The number of sulfonamides is 1. The lowest BCUT2D eigenvalue weighted by Crippen LogP contribution is -2.30. The number of rotatable bonds is 7. The predicted molar refractivity (Wildman–Crippen MR) is 128 cm³/mol. The fourth-order valence-electron chi connectivity index (χ4n) is 3.37.